The number of hydrogen-bond acceptors (Lipinski definition) is 8. The maximum absolute atomic E-state index is 10.1. The molecule has 7 fully saturated rings. The predicted molar refractivity (Wildman–Crippen MR) is 427 cm³/mol. The molecule has 9 aliphatic rings. The van der Waals surface area contributed by atoms with Crippen LogP contribution in [0.25, 0.3) is 0 Å². The molecule has 6 saturated carbocycles. The van der Waals surface area contributed by atoms with E-state index in [2.05, 4.69) is 106 Å². The summed E-state index contributed by atoms with van der Waals surface area (Å²) in [6.07, 6.45) is 74.2. The fourth-order valence-electron chi connectivity index (χ4n) is 21.7. The van der Waals surface area contributed by atoms with Gasteiger partial charge in [0, 0.05) is 39.6 Å². The molecule has 4 unspecified atom stereocenters. The monoisotopic (exact) mass is 1410 g/mol. The summed E-state index contributed by atoms with van der Waals surface area (Å²) in [4.78, 5) is 0. The van der Waals surface area contributed by atoms with Crippen LogP contribution in [0.4, 0.5) is 0 Å². The zero-order chi connectivity index (χ0) is 71.9. The van der Waals surface area contributed by atoms with E-state index in [9.17, 15) is 5.11 Å². The quantitative estimate of drug-likeness (QED) is 0.0353. The van der Waals surface area contributed by atoms with Crippen molar-refractivity contribution in [3.05, 3.63) is 47.6 Å². The van der Waals surface area contributed by atoms with Crippen molar-refractivity contribution in [3.8, 4) is 0 Å². The molecule has 8 heteroatoms. The topological polar surface area (TPSA) is 99.1 Å². The molecule has 0 radical (unpaired) electrons. The normalized spacial score (nSPS) is 31.2. The van der Waals surface area contributed by atoms with Crippen LogP contribution in [0.1, 0.15) is 358 Å². The van der Waals surface area contributed by atoms with Crippen molar-refractivity contribution in [2.45, 2.75) is 383 Å². The highest BCUT2D eigenvalue weighted by molar-refractivity contribution is 5.26. The molecule has 0 aromatic rings. The number of aliphatic hydroxyl groups is 2. The minimum atomic E-state index is -0.520. The van der Waals surface area contributed by atoms with E-state index in [1.807, 2.05) is 0 Å². The van der Waals surface area contributed by atoms with Gasteiger partial charge in [-0.05, 0) is 273 Å². The van der Waals surface area contributed by atoms with Crippen LogP contribution in [0.2, 0.25) is 0 Å². The summed E-state index contributed by atoms with van der Waals surface area (Å²) in [6.45, 7) is 31.5. The van der Waals surface area contributed by atoms with E-state index in [1.54, 1.807) is 11.1 Å². The van der Waals surface area contributed by atoms with Gasteiger partial charge in [0.05, 0.1) is 38.6 Å². The van der Waals surface area contributed by atoms with Gasteiger partial charge in [-0.3, -0.25) is 0 Å². The van der Waals surface area contributed by atoms with E-state index in [1.165, 1.54) is 250 Å². The molecule has 1 saturated heterocycles. The summed E-state index contributed by atoms with van der Waals surface area (Å²) in [6, 6.07) is 0. The fraction of sp³-hybridized carbons (Fsp3) is 0.914. The minimum Gasteiger partial charge on any atom is -0.396 e. The van der Waals surface area contributed by atoms with Crippen LogP contribution in [0.3, 0.4) is 0 Å². The Morgan fingerprint density at radius 1 is 0.446 bits per heavy atom. The van der Waals surface area contributed by atoms with E-state index in [0.29, 0.717) is 55.6 Å². The Balaban J connectivity index is 0.000000243. The molecule has 0 aromatic heterocycles. The number of allylic oxidation sites excluding steroid dienone is 6. The van der Waals surface area contributed by atoms with Crippen LogP contribution in [-0.4, -0.2) is 101 Å². The summed E-state index contributed by atoms with van der Waals surface area (Å²) in [5.74, 6) is 13.4. The van der Waals surface area contributed by atoms with Crippen molar-refractivity contribution in [1.82, 2.24) is 0 Å². The maximum atomic E-state index is 10.1. The Morgan fingerprint density at radius 2 is 0.851 bits per heavy atom. The summed E-state index contributed by atoms with van der Waals surface area (Å²) in [5, 5.41) is 19.0. The molecule has 8 nitrogen and oxygen atoms in total. The van der Waals surface area contributed by atoms with Crippen molar-refractivity contribution < 1.29 is 38.6 Å². The van der Waals surface area contributed by atoms with Crippen molar-refractivity contribution in [2.75, 3.05) is 66.1 Å². The Labute approximate surface area is 625 Å². The maximum Gasteiger partial charge on any atom is 0.104 e. The summed E-state index contributed by atoms with van der Waals surface area (Å²) in [5.41, 5.74) is 4.44. The van der Waals surface area contributed by atoms with Crippen LogP contribution in [-0.2, 0) is 28.4 Å². The summed E-state index contributed by atoms with van der Waals surface area (Å²) in [7, 11) is 0. The summed E-state index contributed by atoms with van der Waals surface area (Å²) < 4.78 is 34.8. The molecule has 8 aliphatic carbocycles. The van der Waals surface area contributed by atoms with Gasteiger partial charge in [-0.15, -0.1) is 0 Å². The summed E-state index contributed by atoms with van der Waals surface area (Å²) >= 11 is 0. The third-order valence-corrected chi connectivity index (χ3v) is 27.8. The number of fused-ring (bicyclic) bond motifs is 10. The molecule has 9 rings (SSSR count). The van der Waals surface area contributed by atoms with Gasteiger partial charge in [0.15, 0.2) is 0 Å². The molecule has 2 N–H and O–H groups in total. The first-order chi connectivity index (χ1) is 49.2. The van der Waals surface area contributed by atoms with Crippen molar-refractivity contribution in [2.24, 2.45) is 93.7 Å². The second-order valence-corrected chi connectivity index (χ2v) is 36.3. The van der Waals surface area contributed by atoms with Gasteiger partial charge in [-0.1, -0.05) is 226 Å². The average molecular weight is 1410 g/mol. The largest absolute Gasteiger partial charge is 0.396 e. The Hall–Kier alpha value is -1.36. The molecule has 0 spiro atoms. The van der Waals surface area contributed by atoms with Gasteiger partial charge in [0.2, 0.25) is 0 Å². The van der Waals surface area contributed by atoms with E-state index >= 15 is 0 Å². The molecule has 0 aromatic carbocycles. The highest BCUT2D eigenvalue weighted by Crippen LogP contribution is 2.65. The van der Waals surface area contributed by atoms with E-state index in [-0.39, 0.29) is 0 Å². The van der Waals surface area contributed by atoms with Crippen molar-refractivity contribution >= 4 is 0 Å². The van der Waals surface area contributed by atoms with Crippen LogP contribution < -0.4 is 0 Å². The van der Waals surface area contributed by atoms with Gasteiger partial charge in [0.1, 0.15) is 12.2 Å². The van der Waals surface area contributed by atoms with Crippen LogP contribution >= 0.6 is 0 Å². The molecular weight excluding hydrogens is 1250 g/mol. The highest BCUT2D eigenvalue weighted by Gasteiger charge is 2.56. The lowest BCUT2D eigenvalue weighted by molar-refractivity contribution is -0.0331. The molecule has 0 bridgehead atoms. The minimum absolute atomic E-state index is 0.348. The number of epoxide rings is 1. The molecule has 586 valence electrons. The van der Waals surface area contributed by atoms with Gasteiger partial charge < -0.3 is 38.6 Å². The van der Waals surface area contributed by atoms with Gasteiger partial charge in [0.25, 0.3) is 0 Å². The third-order valence-electron chi connectivity index (χ3n) is 27.8. The van der Waals surface area contributed by atoms with Gasteiger partial charge >= 0.3 is 0 Å². The van der Waals surface area contributed by atoms with Gasteiger partial charge in [-0.25, -0.2) is 0 Å². The number of rotatable bonds is 50. The number of aliphatic hydroxyl groups excluding tert-OH is 2. The standard InChI is InChI=1S/C46H82O4.C34H60O2.C13H24O2/c1-6-7-8-9-10-11-13-16-30-48-34-39(47)35-49-31-17-14-12-15-18-32-50-40-28-29-46(5)38(33-40)22-23-44-43-25-24-41(42(43)26-27-45(44)46)37(4)21-19-20-36(2)3;1-25(2)12-11-13-26(3)29-16-17-31-30(29)18-19-33-32(31)15-14-27-24-28(20-21-34(27,33)4)36-23-10-8-6-5-7-9-22-35;1-2-3-4-5-6-7-8-9-10-14-11-13-12-15-13/h10-11,22,36-37,39-45,47H,6-9,12-21,23-35H2,1-5H3;14,25-26,28-33,35H,5-13,15-24H2,1-4H3;6-7,13H,2-5,8-12H2,1H3/b11-10-;;7-6-/t37-,39+,40+,41-,42-,43?,44+,45?,46+;26-,28+,29-,30-,31?,32+,33?,34+;13-/m110/s1. The van der Waals surface area contributed by atoms with Gasteiger partial charge in [-0.2, -0.15) is 0 Å². The molecule has 101 heavy (non-hydrogen) atoms. The predicted octanol–water partition coefficient (Wildman–Crippen LogP) is 25.0. The number of hydrogen-bond donors (Lipinski definition) is 2. The van der Waals surface area contributed by atoms with E-state index in [4.69, 9.17) is 33.5 Å². The lowest BCUT2D eigenvalue weighted by Crippen LogP contribution is -2.48. The number of ether oxygens (including phenoxy) is 6. The fourth-order valence-corrected chi connectivity index (χ4v) is 21.7. The Bertz CT molecular complexity index is 2230. The van der Waals surface area contributed by atoms with Crippen LogP contribution in [0, 0.1) is 93.7 Å². The molecular formula is C93H166O8. The van der Waals surface area contributed by atoms with E-state index < -0.39 is 6.10 Å². The highest BCUT2D eigenvalue weighted by atomic mass is 16.6. The zero-order valence-corrected chi connectivity index (χ0v) is 68.1. The molecule has 1 heterocycles. The second kappa shape index (κ2) is 49.6. The van der Waals surface area contributed by atoms with Crippen LogP contribution in [0.15, 0.2) is 47.6 Å². The first-order valence-corrected chi connectivity index (χ1v) is 44.8. The third kappa shape index (κ3) is 30.2. The first-order valence-electron chi connectivity index (χ1n) is 44.8. The van der Waals surface area contributed by atoms with Crippen molar-refractivity contribution in [3.63, 3.8) is 0 Å². The molecule has 18 atom stereocenters. The SMILES string of the molecule is CC(C)CCC[C@@H](C)[C@H]1CCC2[C@@H]3CC=C4C[C@@H](OCCCCCCCCO)CC[C@]4(C)C3CC[C@@H]21.CCCCC/C=C\CCCOC[C@H](O)COCCCCCCCO[C@H]1CC[C@@]2(C)C(=CC[C@H]3C4CC[C@H]([C@H](C)CCCC(C)C)[C@H]4CCC32)C1.CCCCC/C=C\CCCOC[C@H]1CO1. The second-order valence-electron chi connectivity index (χ2n) is 36.3. The molecule has 0 amide bonds. The smallest absolute Gasteiger partial charge is 0.104 e. The van der Waals surface area contributed by atoms with E-state index in [0.717, 1.165) is 161 Å². The Kier molecular flexibility index (Phi) is 42.7. The van der Waals surface area contributed by atoms with Crippen molar-refractivity contribution in [1.29, 1.82) is 0 Å². The zero-order valence-electron chi connectivity index (χ0n) is 68.1. The first kappa shape index (κ1) is 86.9. The average Bonchev–Trinajstić information content (AvgIpc) is 1.72. The number of unbranched alkanes of at least 4 members (excludes halogenated alkanes) is 17. The Morgan fingerprint density at radius 3 is 1.29 bits per heavy atom. The molecule has 1 aliphatic heterocycles. The van der Waals surface area contributed by atoms with Crippen LogP contribution in [0.5, 0.6) is 0 Å². The lowest BCUT2D eigenvalue weighted by Gasteiger charge is -2.55. The lowest BCUT2D eigenvalue weighted by atomic mass is 9.50.